The summed E-state index contributed by atoms with van der Waals surface area (Å²) < 4.78 is 10.7. The maximum absolute atomic E-state index is 11.1. The average Bonchev–Trinajstić information content (AvgIpc) is 3.04. The molecule has 0 aromatic rings. The fourth-order valence-electron chi connectivity index (χ4n) is 1.34. The van der Waals surface area contributed by atoms with Crippen molar-refractivity contribution >= 4 is 5.91 Å². The van der Waals surface area contributed by atoms with Gasteiger partial charge in [0.15, 0.2) is 0 Å². The number of nitrogens with two attached hydrogens (primary N) is 1. The summed E-state index contributed by atoms with van der Waals surface area (Å²) in [5.74, 6) is -0.351. The van der Waals surface area contributed by atoms with Gasteiger partial charge < -0.3 is 20.5 Å². The lowest BCUT2D eigenvalue weighted by Crippen LogP contribution is -2.46. The van der Waals surface area contributed by atoms with E-state index in [9.17, 15) is 4.79 Å². The largest absolute Gasteiger partial charge is 0.379 e. The summed E-state index contributed by atoms with van der Waals surface area (Å²) in [6.45, 7) is 5.40. The van der Waals surface area contributed by atoms with Crippen molar-refractivity contribution in [3.63, 3.8) is 0 Å². The number of amides is 1. The molecule has 1 aliphatic rings. The van der Waals surface area contributed by atoms with Crippen LogP contribution < -0.4 is 11.1 Å². The number of carbonyl (C=O) groups excluding carboxylic acids is 1. The monoisotopic (exact) mass is 230 g/mol. The number of rotatable bonds is 9. The van der Waals surface area contributed by atoms with Gasteiger partial charge in [-0.1, -0.05) is 0 Å². The molecule has 0 bridgehead atoms. The molecule has 5 nitrogen and oxygen atoms in total. The van der Waals surface area contributed by atoms with Crippen LogP contribution in [0.3, 0.4) is 0 Å². The van der Waals surface area contributed by atoms with E-state index in [4.69, 9.17) is 15.2 Å². The summed E-state index contributed by atoms with van der Waals surface area (Å²) in [5.41, 5.74) is 5.29. The molecular formula is C11H22N2O3. The Kier molecular flexibility index (Phi) is 5.73. The van der Waals surface area contributed by atoms with Gasteiger partial charge in [0.25, 0.3) is 0 Å². The van der Waals surface area contributed by atoms with Crippen molar-refractivity contribution in [2.75, 3.05) is 19.8 Å². The third-order valence-corrected chi connectivity index (χ3v) is 2.46. The number of hydrogen-bond acceptors (Lipinski definition) is 4. The highest BCUT2D eigenvalue weighted by molar-refractivity contribution is 5.80. The number of hydrogen-bond donors (Lipinski definition) is 2. The van der Waals surface area contributed by atoms with Gasteiger partial charge in [0.2, 0.25) is 5.91 Å². The summed E-state index contributed by atoms with van der Waals surface area (Å²) in [6.07, 6.45) is 2.24. The number of nitrogens with one attached hydrogen (secondary N) is 1. The predicted molar refractivity (Wildman–Crippen MR) is 61.0 cm³/mol. The third-order valence-electron chi connectivity index (χ3n) is 2.46. The minimum Gasteiger partial charge on any atom is -0.379 e. The molecule has 2 unspecified atom stereocenters. The van der Waals surface area contributed by atoms with E-state index in [0.717, 1.165) is 12.8 Å². The first-order chi connectivity index (χ1) is 7.63. The molecule has 94 valence electrons. The Bertz CT molecular complexity index is 219. The van der Waals surface area contributed by atoms with E-state index in [2.05, 4.69) is 5.32 Å². The van der Waals surface area contributed by atoms with Crippen LogP contribution in [0, 0.1) is 0 Å². The Hall–Kier alpha value is -0.650. The first kappa shape index (κ1) is 13.4. The lowest BCUT2D eigenvalue weighted by molar-refractivity contribution is -0.122. The van der Waals surface area contributed by atoms with Gasteiger partial charge in [0, 0.05) is 12.6 Å². The zero-order valence-corrected chi connectivity index (χ0v) is 10.1. The molecule has 0 aromatic carbocycles. The zero-order valence-electron chi connectivity index (χ0n) is 10.1. The summed E-state index contributed by atoms with van der Waals surface area (Å²) in [6, 6.07) is 0.0693. The maximum Gasteiger partial charge on any atom is 0.236 e. The van der Waals surface area contributed by atoms with E-state index in [-0.39, 0.29) is 18.1 Å². The Morgan fingerprint density at radius 2 is 2.19 bits per heavy atom. The van der Waals surface area contributed by atoms with Gasteiger partial charge in [0.1, 0.15) is 6.04 Å². The Labute approximate surface area is 96.7 Å². The third kappa shape index (κ3) is 5.44. The molecule has 1 amide bonds. The van der Waals surface area contributed by atoms with Crippen LogP contribution in [0.15, 0.2) is 0 Å². The van der Waals surface area contributed by atoms with Crippen molar-refractivity contribution < 1.29 is 14.3 Å². The lowest BCUT2D eigenvalue weighted by Gasteiger charge is -2.18. The zero-order chi connectivity index (χ0) is 12.0. The highest BCUT2D eigenvalue weighted by Gasteiger charge is 2.27. The molecule has 0 radical (unpaired) electrons. The number of primary amides is 1. The van der Waals surface area contributed by atoms with Crippen LogP contribution in [-0.4, -0.2) is 43.9 Å². The molecule has 1 aliphatic carbocycles. The maximum atomic E-state index is 11.1. The Morgan fingerprint density at radius 3 is 2.69 bits per heavy atom. The van der Waals surface area contributed by atoms with Gasteiger partial charge in [-0.3, -0.25) is 4.79 Å². The van der Waals surface area contributed by atoms with E-state index < -0.39 is 0 Å². The lowest BCUT2D eigenvalue weighted by atomic mass is 10.3. The van der Waals surface area contributed by atoms with E-state index in [1.54, 1.807) is 0 Å². The highest BCUT2D eigenvalue weighted by Crippen LogP contribution is 2.19. The van der Waals surface area contributed by atoms with Gasteiger partial charge in [-0.25, -0.2) is 0 Å². The smallest absolute Gasteiger partial charge is 0.236 e. The van der Waals surface area contributed by atoms with E-state index in [0.29, 0.717) is 25.9 Å². The van der Waals surface area contributed by atoms with Gasteiger partial charge in [-0.2, -0.15) is 0 Å². The van der Waals surface area contributed by atoms with Crippen molar-refractivity contribution in [2.24, 2.45) is 5.73 Å². The molecule has 0 aliphatic heterocycles. The molecule has 0 saturated heterocycles. The van der Waals surface area contributed by atoms with Crippen LogP contribution in [0.1, 0.15) is 26.7 Å². The number of carbonyl (C=O) groups is 1. The second kappa shape index (κ2) is 6.83. The highest BCUT2D eigenvalue weighted by atomic mass is 16.5. The van der Waals surface area contributed by atoms with Crippen LogP contribution in [0.2, 0.25) is 0 Å². The minimum atomic E-state index is -0.378. The molecule has 16 heavy (non-hydrogen) atoms. The Morgan fingerprint density at radius 1 is 1.50 bits per heavy atom. The van der Waals surface area contributed by atoms with Crippen LogP contribution >= 0.6 is 0 Å². The molecule has 0 aromatic heterocycles. The quantitative estimate of drug-likeness (QED) is 0.586. The number of ether oxygens (including phenoxy) is 2. The van der Waals surface area contributed by atoms with Gasteiger partial charge in [0.05, 0.1) is 19.3 Å². The summed E-state index contributed by atoms with van der Waals surface area (Å²) in [7, 11) is 0. The van der Waals surface area contributed by atoms with E-state index in [1.165, 1.54) is 0 Å². The van der Waals surface area contributed by atoms with E-state index >= 15 is 0 Å². The van der Waals surface area contributed by atoms with Crippen molar-refractivity contribution in [2.45, 2.75) is 44.9 Å². The van der Waals surface area contributed by atoms with Gasteiger partial charge in [-0.05, 0) is 26.7 Å². The van der Waals surface area contributed by atoms with Crippen molar-refractivity contribution in [3.05, 3.63) is 0 Å². The second-order valence-corrected chi connectivity index (χ2v) is 4.20. The topological polar surface area (TPSA) is 73.6 Å². The molecule has 5 heteroatoms. The van der Waals surface area contributed by atoms with Crippen LogP contribution in [0.4, 0.5) is 0 Å². The summed E-state index contributed by atoms with van der Waals surface area (Å²) in [4.78, 5) is 11.1. The molecule has 3 N–H and O–H groups in total. The van der Waals surface area contributed by atoms with Gasteiger partial charge >= 0.3 is 0 Å². The minimum absolute atomic E-state index is 0.0113. The molecule has 0 spiro atoms. The molecule has 2 atom stereocenters. The first-order valence-corrected chi connectivity index (χ1v) is 5.88. The normalized spacial score (nSPS) is 19.4. The van der Waals surface area contributed by atoms with Crippen molar-refractivity contribution in [3.8, 4) is 0 Å². The molecule has 0 heterocycles. The van der Waals surface area contributed by atoms with Crippen molar-refractivity contribution in [1.29, 1.82) is 0 Å². The summed E-state index contributed by atoms with van der Waals surface area (Å²) in [5, 5.41) is 3.16. The first-order valence-electron chi connectivity index (χ1n) is 5.88. The molecule has 1 saturated carbocycles. The van der Waals surface area contributed by atoms with Crippen LogP contribution in [0.25, 0.3) is 0 Å². The fraction of sp³-hybridized carbons (Fsp3) is 0.909. The average molecular weight is 230 g/mol. The van der Waals surface area contributed by atoms with Crippen LogP contribution in [-0.2, 0) is 14.3 Å². The standard InChI is InChI=1S/C11H22N2O3/c1-3-15-6-8(2)16-7-10(11(12)14)13-9-4-5-9/h8-10,13H,3-7H2,1-2H3,(H2,12,14). The Balaban J connectivity index is 2.17. The SMILES string of the molecule is CCOCC(C)OCC(NC1CC1)C(N)=O. The van der Waals surface area contributed by atoms with Crippen LogP contribution in [0.5, 0.6) is 0 Å². The van der Waals surface area contributed by atoms with Crippen molar-refractivity contribution in [1.82, 2.24) is 5.32 Å². The molecule has 1 fully saturated rings. The molecule has 1 rings (SSSR count). The fourth-order valence-corrected chi connectivity index (χ4v) is 1.34. The predicted octanol–water partition coefficient (Wildman–Crippen LogP) is 0.0339. The molecular weight excluding hydrogens is 208 g/mol. The van der Waals surface area contributed by atoms with Gasteiger partial charge in [-0.15, -0.1) is 0 Å². The summed E-state index contributed by atoms with van der Waals surface area (Å²) >= 11 is 0. The van der Waals surface area contributed by atoms with E-state index in [1.807, 2.05) is 13.8 Å². The second-order valence-electron chi connectivity index (χ2n) is 4.20.